The van der Waals surface area contributed by atoms with Crippen LogP contribution in [-0.2, 0) is 4.74 Å². The zero-order valence-electron chi connectivity index (χ0n) is 16.1. The Morgan fingerprint density at radius 3 is 1.93 bits per heavy atom. The highest BCUT2D eigenvalue weighted by molar-refractivity contribution is 6.01. The molecule has 0 bridgehead atoms. The number of rotatable bonds is 9. The van der Waals surface area contributed by atoms with Crippen molar-refractivity contribution in [2.75, 3.05) is 13.2 Å². The van der Waals surface area contributed by atoms with E-state index in [1.54, 1.807) is 0 Å². The lowest BCUT2D eigenvalue weighted by atomic mass is 9.97. The first-order valence-corrected chi connectivity index (χ1v) is 8.60. The van der Waals surface area contributed by atoms with Crippen molar-refractivity contribution in [1.29, 1.82) is 0 Å². The van der Waals surface area contributed by atoms with Crippen molar-refractivity contribution >= 4 is 23.1 Å². The molecule has 2 aromatic rings. The summed E-state index contributed by atoms with van der Waals surface area (Å²) in [5, 5.41) is 31.4. The van der Waals surface area contributed by atoms with Crippen LogP contribution in [-0.4, -0.2) is 45.5 Å². The summed E-state index contributed by atoms with van der Waals surface area (Å²) in [6.45, 7) is 2.47. The number of esters is 1. The first kappa shape index (κ1) is 22.4. The zero-order valence-corrected chi connectivity index (χ0v) is 16.1. The lowest BCUT2D eigenvalue weighted by molar-refractivity contribution is -0.394. The van der Waals surface area contributed by atoms with Gasteiger partial charge in [-0.3, -0.25) is 25.0 Å². The predicted molar refractivity (Wildman–Crippen MR) is 103 cm³/mol. The molecule has 0 atom stereocenters. The number of nitrogens with zero attached hydrogens (tertiary/aromatic N) is 2. The summed E-state index contributed by atoms with van der Waals surface area (Å²) in [4.78, 5) is 44.0. The molecule has 0 heterocycles. The fourth-order valence-electron chi connectivity index (χ4n) is 2.36. The number of ketones is 1. The van der Waals surface area contributed by atoms with Gasteiger partial charge >= 0.3 is 5.97 Å². The summed E-state index contributed by atoms with van der Waals surface area (Å²) < 4.78 is 10.3. The van der Waals surface area contributed by atoms with Gasteiger partial charge in [0.25, 0.3) is 11.4 Å². The van der Waals surface area contributed by atoms with Gasteiger partial charge in [-0.15, -0.1) is 0 Å². The molecule has 2 aromatic carbocycles. The smallest absolute Gasteiger partial charge is 0.338 e. The minimum Gasteiger partial charge on any atom is -0.490 e. The van der Waals surface area contributed by atoms with Crippen LogP contribution in [0.25, 0.3) is 0 Å². The fraction of sp³-hybridized carbons (Fsp3) is 0.263. The van der Waals surface area contributed by atoms with E-state index in [4.69, 9.17) is 9.47 Å². The second-order valence-electron chi connectivity index (χ2n) is 6.65. The first-order chi connectivity index (χ1) is 14.0. The van der Waals surface area contributed by atoms with Crippen molar-refractivity contribution in [1.82, 2.24) is 0 Å². The number of nitro groups is 2. The lowest BCUT2D eigenvalue weighted by Crippen LogP contribution is -2.30. The standard InChI is InChI=1S/C19H18N2O9/c1-19(2,24)17(22)12-3-5-16(6-4-12)29-7-8-30-18(23)13-9-14(20(25)26)11-15(10-13)21(27)28/h3-6,9-11,24H,7-8H2,1-2H3. The van der Waals surface area contributed by atoms with E-state index in [0.29, 0.717) is 11.3 Å². The molecule has 1 N–H and O–H groups in total. The Balaban J connectivity index is 1.93. The summed E-state index contributed by atoms with van der Waals surface area (Å²) >= 11 is 0. The van der Waals surface area contributed by atoms with E-state index in [-0.39, 0.29) is 18.8 Å². The van der Waals surface area contributed by atoms with E-state index in [1.165, 1.54) is 38.1 Å². The van der Waals surface area contributed by atoms with Gasteiger partial charge in [0.05, 0.1) is 21.5 Å². The highest BCUT2D eigenvalue weighted by Gasteiger charge is 2.25. The summed E-state index contributed by atoms with van der Waals surface area (Å²) in [7, 11) is 0. The number of hydrogen-bond acceptors (Lipinski definition) is 9. The number of hydrogen-bond donors (Lipinski definition) is 1. The van der Waals surface area contributed by atoms with Gasteiger partial charge in [-0.2, -0.15) is 0 Å². The quantitative estimate of drug-likeness (QED) is 0.212. The van der Waals surface area contributed by atoms with Crippen molar-refractivity contribution in [3.05, 3.63) is 73.8 Å². The molecule has 11 heteroatoms. The largest absolute Gasteiger partial charge is 0.490 e. The van der Waals surface area contributed by atoms with Gasteiger partial charge in [-0.1, -0.05) is 0 Å². The van der Waals surface area contributed by atoms with Crippen molar-refractivity contribution in [2.24, 2.45) is 0 Å². The van der Waals surface area contributed by atoms with Crippen LogP contribution in [0.2, 0.25) is 0 Å². The topological polar surface area (TPSA) is 159 Å². The number of carbonyl (C=O) groups excluding carboxylic acids is 2. The van der Waals surface area contributed by atoms with E-state index in [2.05, 4.69) is 0 Å². The molecule has 0 aliphatic carbocycles. The van der Waals surface area contributed by atoms with Crippen molar-refractivity contribution in [2.45, 2.75) is 19.4 Å². The van der Waals surface area contributed by atoms with E-state index in [0.717, 1.165) is 18.2 Å². The molecule has 2 rings (SSSR count). The van der Waals surface area contributed by atoms with E-state index in [1.807, 2.05) is 0 Å². The third-order valence-corrected chi connectivity index (χ3v) is 3.82. The van der Waals surface area contributed by atoms with Crippen molar-refractivity contribution < 1.29 is 34.0 Å². The van der Waals surface area contributed by atoms with Crippen LogP contribution in [0.15, 0.2) is 42.5 Å². The van der Waals surface area contributed by atoms with Crippen molar-refractivity contribution in [3.8, 4) is 5.75 Å². The van der Waals surface area contributed by atoms with Crippen LogP contribution in [0.4, 0.5) is 11.4 Å². The second kappa shape index (κ2) is 9.09. The normalized spacial score (nSPS) is 10.9. The van der Waals surface area contributed by atoms with Crippen LogP contribution in [0.3, 0.4) is 0 Å². The summed E-state index contributed by atoms with van der Waals surface area (Å²) in [5.41, 5.74) is -2.74. The molecular formula is C19H18N2O9. The molecule has 30 heavy (non-hydrogen) atoms. The summed E-state index contributed by atoms with van der Waals surface area (Å²) in [6.07, 6.45) is 0. The number of benzene rings is 2. The summed E-state index contributed by atoms with van der Waals surface area (Å²) in [6, 6.07) is 8.47. The number of ether oxygens (including phenoxy) is 2. The van der Waals surface area contributed by atoms with Crippen molar-refractivity contribution in [3.63, 3.8) is 0 Å². The molecule has 0 aliphatic rings. The number of nitro benzene ring substituents is 2. The molecule has 0 spiro atoms. The molecule has 0 aromatic heterocycles. The average Bonchev–Trinajstić information content (AvgIpc) is 2.69. The maximum atomic E-state index is 12.0. The highest BCUT2D eigenvalue weighted by Crippen LogP contribution is 2.23. The maximum absolute atomic E-state index is 12.0. The van der Waals surface area contributed by atoms with E-state index in [9.17, 15) is 34.9 Å². The van der Waals surface area contributed by atoms with Crippen LogP contribution in [0.1, 0.15) is 34.6 Å². The number of Topliss-reactive ketones (excluding diaryl/α,β-unsaturated/α-hetero) is 1. The maximum Gasteiger partial charge on any atom is 0.338 e. The summed E-state index contributed by atoms with van der Waals surface area (Å²) in [5.74, 6) is -1.05. The molecule has 11 nitrogen and oxygen atoms in total. The minimum absolute atomic E-state index is 0.0679. The number of aliphatic hydroxyl groups is 1. The zero-order chi connectivity index (χ0) is 22.5. The van der Waals surface area contributed by atoms with Gasteiger partial charge in [0.2, 0.25) is 0 Å². The van der Waals surface area contributed by atoms with E-state index < -0.39 is 38.6 Å². The molecule has 0 aliphatic heterocycles. The predicted octanol–water partition coefficient (Wildman–Crippen LogP) is 2.69. The Morgan fingerprint density at radius 2 is 1.47 bits per heavy atom. The van der Waals surface area contributed by atoms with Gasteiger partial charge in [0.15, 0.2) is 5.78 Å². The first-order valence-electron chi connectivity index (χ1n) is 8.60. The molecular weight excluding hydrogens is 400 g/mol. The van der Waals surface area contributed by atoms with Crippen LogP contribution in [0, 0.1) is 20.2 Å². The molecule has 0 saturated carbocycles. The van der Waals surface area contributed by atoms with Gasteiger partial charge in [-0.05, 0) is 38.1 Å². The second-order valence-corrected chi connectivity index (χ2v) is 6.65. The van der Waals surface area contributed by atoms with Gasteiger partial charge in [0, 0.05) is 17.7 Å². The average molecular weight is 418 g/mol. The van der Waals surface area contributed by atoms with Crippen LogP contribution < -0.4 is 4.74 Å². The van der Waals surface area contributed by atoms with Crippen LogP contribution in [0.5, 0.6) is 5.75 Å². The van der Waals surface area contributed by atoms with E-state index >= 15 is 0 Å². The Bertz CT molecular complexity index is 946. The Kier molecular flexibility index (Phi) is 6.80. The molecule has 0 saturated heterocycles. The molecule has 0 fully saturated rings. The third kappa shape index (κ3) is 5.82. The molecule has 0 radical (unpaired) electrons. The fourth-order valence-corrected chi connectivity index (χ4v) is 2.36. The number of carbonyl (C=O) groups is 2. The van der Waals surface area contributed by atoms with Gasteiger partial charge < -0.3 is 14.6 Å². The molecule has 0 unspecified atom stereocenters. The molecule has 158 valence electrons. The molecule has 0 amide bonds. The van der Waals surface area contributed by atoms with Gasteiger partial charge in [-0.25, -0.2) is 4.79 Å². The number of non-ortho nitro benzene ring substituents is 2. The lowest BCUT2D eigenvalue weighted by Gasteiger charge is -2.15. The van der Waals surface area contributed by atoms with Crippen LogP contribution >= 0.6 is 0 Å². The minimum atomic E-state index is -1.50. The third-order valence-electron chi connectivity index (χ3n) is 3.82. The Morgan fingerprint density at radius 1 is 0.933 bits per heavy atom. The Labute approximate surface area is 170 Å². The monoisotopic (exact) mass is 418 g/mol. The van der Waals surface area contributed by atoms with Gasteiger partial charge in [0.1, 0.15) is 24.6 Å². The Hall–Kier alpha value is -3.86. The SMILES string of the molecule is CC(C)(O)C(=O)c1ccc(OCCOC(=O)c2cc([N+](=O)[O-])cc([N+](=O)[O-])c2)cc1. The highest BCUT2D eigenvalue weighted by atomic mass is 16.6.